The van der Waals surface area contributed by atoms with Gasteiger partial charge in [0.1, 0.15) is 11.0 Å². The van der Waals surface area contributed by atoms with Crippen LogP contribution in [0.3, 0.4) is 0 Å². The van der Waals surface area contributed by atoms with Crippen LogP contribution in [0.4, 0.5) is 26.3 Å². The maximum Gasteiger partial charge on any atom is 0.417 e. The third-order valence-electron chi connectivity index (χ3n) is 6.97. The van der Waals surface area contributed by atoms with Gasteiger partial charge in [-0.3, -0.25) is 10.1 Å². The van der Waals surface area contributed by atoms with Crippen LogP contribution in [0.2, 0.25) is 0 Å². The van der Waals surface area contributed by atoms with E-state index in [1.54, 1.807) is 0 Å². The van der Waals surface area contributed by atoms with Crippen molar-refractivity contribution in [2.24, 2.45) is 5.41 Å². The molecule has 1 aromatic carbocycles. The van der Waals surface area contributed by atoms with Crippen molar-refractivity contribution in [2.75, 3.05) is 13.1 Å². The fourth-order valence-corrected chi connectivity index (χ4v) is 6.77. The number of carbonyl (C=O) groups excluding carboxylic acids is 1. The molecule has 4 rings (SSSR count). The Morgan fingerprint density at radius 2 is 1.80 bits per heavy atom. The molecule has 2 aliphatic carbocycles. The Morgan fingerprint density at radius 3 is 2.29 bits per heavy atom. The highest BCUT2D eigenvalue weighted by molar-refractivity contribution is 9.10. The van der Waals surface area contributed by atoms with Gasteiger partial charge in [-0.05, 0) is 50.3 Å². The lowest BCUT2D eigenvalue weighted by Gasteiger charge is -2.30. The Morgan fingerprint density at radius 1 is 1.17 bits per heavy atom. The van der Waals surface area contributed by atoms with Crippen LogP contribution in [0.5, 0.6) is 0 Å². The van der Waals surface area contributed by atoms with E-state index in [0.717, 1.165) is 17.0 Å². The average Bonchev–Trinajstić information content (AvgIpc) is 3.67. The summed E-state index contributed by atoms with van der Waals surface area (Å²) in [6, 6.07) is 3.56. The molecule has 1 aliphatic heterocycles. The van der Waals surface area contributed by atoms with E-state index < -0.39 is 80.2 Å². The van der Waals surface area contributed by atoms with E-state index in [0.29, 0.717) is 18.9 Å². The van der Waals surface area contributed by atoms with Gasteiger partial charge in [-0.1, -0.05) is 15.9 Å². The van der Waals surface area contributed by atoms with Crippen molar-refractivity contribution < 1.29 is 39.6 Å². The Bertz CT molecular complexity index is 1190. The monoisotopic (exact) mass is 587 g/mol. The van der Waals surface area contributed by atoms with E-state index >= 15 is 0 Å². The second-order valence-electron chi connectivity index (χ2n) is 9.31. The fraction of sp³-hybridized carbons (Fsp3) is 0.619. The molecule has 0 radical (unpaired) electrons. The molecule has 14 heteroatoms. The number of likely N-dealkylation sites (tertiary alicyclic amines) is 1. The van der Waals surface area contributed by atoms with Gasteiger partial charge in [0, 0.05) is 23.6 Å². The predicted octanol–water partition coefficient (Wildman–Crippen LogP) is 4.20. The molecular formula is C21H20BrF6N3O3S. The van der Waals surface area contributed by atoms with Crippen LogP contribution in [-0.4, -0.2) is 55.3 Å². The molecule has 1 heterocycles. The third-order valence-corrected chi connectivity index (χ3v) is 9.65. The number of amides is 1. The predicted molar refractivity (Wildman–Crippen MR) is 114 cm³/mol. The molecule has 2 saturated carbocycles. The van der Waals surface area contributed by atoms with Gasteiger partial charge in [0.2, 0.25) is 5.91 Å². The number of hydrogen-bond donors (Lipinski definition) is 1. The second-order valence-corrected chi connectivity index (χ2v) is 12.4. The number of halogens is 7. The number of carbonyl (C=O) groups is 1. The Labute approximate surface area is 205 Å². The Hall–Kier alpha value is -1.85. The van der Waals surface area contributed by atoms with Gasteiger partial charge >= 0.3 is 12.4 Å². The van der Waals surface area contributed by atoms with Gasteiger partial charge in [-0.2, -0.15) is 31.6 Å². The largest absolute Gasteiger partial charge is 0.417 e. The van der Waals surface area contributed by atoms with E-state index in [-0.39, 0.29) is 17.4 Å². The number of nitrogens with one attached hydrogen (secondary N) is 1. The van der Waals surface area contributed by atoms with E-state index in [9.17, 15) is 44.8 Å². The summed E-state index contributed by atoms with van der Waals surface area (Å²) in [6.07, 6.45) is -10.1. The summed E-state index contributed by atoms with van der Waals surface area (Å²) < 4.78 is 108. The van der Waals surface area contributed by atoms with Crippen LogP contribution in [0, 0.1) is 16.7 Å². The summed E-state index contributed by atoms with van der Waals surface area (Å²) in [6.45, 7) is -0.815. The molecule has 1 N–H and O–H groups in total. The van der Waals surface area contributed by atoms with Gasteiger partial charge in [-0.25, -0.2) is 8.42 Å². The third kappa shape index (κ3) is 4.67. The maximum atomic E-state index is 13.6. The number of nitriles is 1. The zero-order valence-electron chi connectivity index (χ0n) is 18.0. The molecule has 3 aliphatic rings. The smallest absolute Gasteiger partial charge is 0.336 e. The van der Waals surface area contributed by atoms with Crippen LogP contribution in [0.25, 0.3) is 0 Å². The lowest BCUT2D eigenvalue weighted by molar-refractivity contribution is -0.199. The molecule has 0 aromatic heterocycles. The number of benzene rings is 1. The Balaban J connectivity index is 1.67. The summed E-state index contributed by atoms with van der Waals surface area (Å²) in [5.41, 5.74) is -4.89. The second kappa shape index (κ2) is 8.34. The minimum Gasteiger partial charge on any atom is -0.336 e. The minimum absolute atomic E-state index is 0.00108. The minimum atomic E-state index is -5.00. The first kappa shape index (κ1) is 26.2. The van der Waals surface area contributed by atoms with Crippen LogP contribution in [0.1, 0.15) is 37.7 Å². The normalized spacial score (nSPS) is 25.3. The van der Waals surface area contributed by atoms with E-state index in [4.69, 9.17) is 0 Å². The topological polar surface area (TPSA) is 90.3 Å². The van der Waals surface area contributed by atoms with Gasteiger partial charge in [0.15, 0.2) is 9.84 Å². The molecule has 2 atom stereocenters. The average molecular weight is 588 g/mol. The highest BCUT2D eigenvalue weighted by Gasteiger charge is 2.70. The number of hydrogen-bond acceptors (Lipinski definition) is 5. The van der Waals surface area contributed by atoms with Gasteiger partial charge in [-0.15, -0.1) is 0 Å². The molecular weight excluding hydrogens is 568 g/mol. The SMILES string of the molecule is N#CC1(NC[C@@H]2C[C@@H](S(=O)(=O)c3ccc(Br)cc3C(F)(F)F)CN2C(=O)C2(C(F)(F)F)CC2)CC1. The van der Waals surface area contributed by atoms with E-state index in [1.165, 1.54) is 0 Å². The van der Waals surface area contributed by atoms with Crippen LogP contribution in [-0.2, 0) is 20.8 Å². The number of sulfone groups is 1. The molecule has 192 valence electrons. The quantitative estimate of drug-likeness (QED) is 0.504. The molecule has 1 aromatic rings. The first-order chi connectivity index (χ1) is 16.1. The zero-order chi connectivity index (χ0) is 26.0. The summed E-state index contributed by atoms with van der Waals surface area (Å²) in [5.74, 6) is -1.27. The standard InChI is InChI=1S/C21H20BrF6N3O3S/c22-12-1-2-16(15(7-12)20(23,24)25)35(33,34)14-8-13(9-30-18(11-29)3-4-18)31(10-14)17(32)19(5-6-19)21(26,27)28/h1-2,7,13-14,30H,3-6,8-10H2/t13-,14+/m0/s1. The van der Waals surface area contributed by atoms with E-state index in [1.807, 2.05) is 6.07 Å². The molecule has 0 unspecified atom stereocenters. The number of rotatable bonds is 6. The van der Waals surface area contributed by atoms with Crippen molar-refractivity contribution >= 4 is 31.7 Å². The summed E-state index contributed by atoms with van der Waals surface area (Å²) in [5, 5.41) is 10.6. The Kier molecular flexibility index (Phi) is 6.25. The van der Waals surface area contributed by atoms with Crippen LogP contribution in [0.15, 0.2) is 27.6 Å². The number of alkyl halides is 6. The van der Waals surface area contributed by atoms with Gasteiger partial charge < -0.3 is 4.90 Å². The molecule has 0 spiro atoms. The summed E-state index contributed by atoms with van der Waals surface area (Å²) in [4.78, 5) is 12.8. The van der Waals surface area contributed by atoms with Crippen LogP contribution >= 0.6 is 15.9 Å². The van der Waals surface area contributed by atoms with Crippen molar-refractivity contribution in [1.82, 2.24) is 10.2 Å². The van der Waals surface area contributed by atoms with Gasteiger partial charge in [0.25, 0.3) is 0 Å². The van der Waals surface area contributed by atoms with Crippen molar-refractivity contribution in [3.8, 4) is 6.07 Å². The molecule has 0 bridgehead atoms. The van der Waals surface area contributed by atoms with Crippen molar-refractivity contribution in [3.63, 3.8) is 0 Å². The fourth-order valence-electron chi connectivity index (χ4n) is 4.48. The molecule has 3 fully saturated rings. The highest BCUT2D eigenvalue weighted by Crippen LogP contribution is 2.59. The maximum absolute atomic E-state index is 13.6. The molecule has 1 saturated heterocycles. The lowest BCUT2D eigenvalue weighted by Crippen LogP contribution is -2.50. The summed E-state index contributed by atoms with van der Waals surface area (Å²) in [7, 11) is -4.68. The first-order valence-corrected chi connectivity index (χ1v) is 13.0. The van der Waals surface area contributed by atoms with Crippen molar-refractivity contribution in [3.05, 3.63) is 28.2 Å². The van der Waals surface area contributed by atoms with Crippen molar-refractivity contribution in [1.29, 1.82) is 5.26 Å². The molecule has 35 heavy (non-hydrogen) atoms. The first-order valence-electron chi connectivity index (χ1n) is 10.7. The molecule has 1 amide bonds. The van der Waals surface area contributed by atoms with Crippen molar-refractivity contribution in [2.45, 2.75) is 66.2 Å². The van der Waals surface area contributed by atoms with Gasteiger partial charge in [0.05, 0.1) is 21.8 Å². The number of nitrogens with zero attached hydrogens (tertiary/aromatic N) is 2. The highest BCUT2D eigenvalue weighted by atomic mass is 79.9. The van der Waals surface area contributed by atoms with Crippen LogP contribution < -0.4 is 5.32 Å². The summed E-state index contributed by atoms with van der Waals surface area (Å²) >= 11 is 2.89. The molecule has 6 nitrogen and oxygen atoms in total. The van der Waals surface area contributed by atoms with E-state index in [2.05, 4.69) is 21.2 Å². The zero-order valence-corrected chi connectivity index (χ0v) is 20.4. The lowest BCUT2D eigenvalue weighted by atomic mass is 10.0.